The van der Waals surface area contributed by atoms with Crippen LogP contribution >= 0.6 is 34.7 Å². The highest BCUT2D eigenvalue weighted by Crippen LogP contribution is 2.40. The summed E-state index contributed by atoms with van der Waals surface area (Å²) in [6.45, 7) is 6.57. The lowest BCUT2D eigenvalue weighted by molar-refractivity contribution is 0.0320. The van der Waals surface area contributed by atoms with Crippen LogP contribution in [0.25, 0.3) is 0 Å². The standard InChI is InChI=1S/C20H25Cl2N5O4S/c1-13(12-27-7-9-30-10-8-27)11-24-19(29)25-18-15(16(23)28)17(26-32-18)31-20(21,22)14-5-3-2-4-6-14/h2-6,13H,7-12H2,1H3,(H2,23,28)(H2,24,25,29). The van der Waals surface area contributed by atoms with Gasteiger partial charge in [-0.1, -0.05) is 60.5 Å². The summed E-state index contributed by atoms with van der Waals surface area (Å²) in [6.07, 6.45) is 0. The van der Waals surface area contributed by atoms with Gasteiger partial charge >= 0.3 is 6.03 Å². The van der Waals surface area contributed by atoms with Gasteiger partial charge in [-0.3, -0.25) is 15.0 Å². The van der Waals surface area contributed by atoms with Gasteiger partial charge in [-0.05, 0) is 17.5 Å². The number of aromatic nitrogens is 1. The van der Waals surface area contributed by atoms with Crippen LogP contribution in [0.3, 0.4) is 0 Å². The first kappa shape index (κ1) is 24.5. The topological polar surface area (TPSA) is 119 Å². The number of carbonyl (C=O) groups is 2. The lowest BCUT2D eigenvalue weighted by atomic mass is 10.1. The van der Waals surface area contributed by atoms with E-state index in [0.29, 0.717) is 12.1 Å². The molecule has 3 amide bonds. The first-order valence-corrected chi connectivity index (χ1v) is 11.6. The molecule has 1 aromatic heterocycles. The lowest BCUT2D eigenvalue weighted by Crippen LogP contribution is -2.42. The Morgan fingerprint density at radius 1 is 1.31 bits per heavy atom. The molecule has 0 spiro atoms. The second kappa shape index (κ2) is 11.2. The van der Waals surface area contributed by atoms with Crippen molar-refractivity contribution < 1.29 is 19.1 Å². The highest BCUT2D eigenvalue weighted by Gasteiger charge is 2.33. The molecule has 0 bridgehead atoms. The largest absolute Gasteiger partial charge is 0.435 e. The van der Waals surface area contributed by atoms with E-state index in [1.807, 2.05) is 6.92 Å². The van der Waals surface area contributed by atoms with Crippen LogP contribution in [-0.2, 0) is 9.26 Å². The van der Waals surface area contributed by atoms with Crippen molar-refractivity contribution in [3.8, 4) is 5.88 Å². The number of morpholine rings is 1. The van der Waals surface area contributed by atoms with E-state index in [1.165, 1.54) is 0 Å². The zero-order valence-electron chi connectivity index (χ0n) is 17.5. The van der Waals surface area contributed by atoms with Crippen molar-refractivity contribution in [1.82, 2.24) is 14.6 Å². The monoisotopic (exact) mass is 501 g/mol. The molecule has 1 unspecified atom stereocenters. The molecule has 4 N–H and O–H groups in total. The summed E-state index contributed by atoms with van der Waals surface area (Å²) in [5.74, 6) is -0.761. The fourth-order valence-corrected chi connectivity index (χ4v) is 4.28. The Hall–Kier alpha value is -2.11. The van der Waals surface area contributed by atoms with Gasteiger partial charge < -0.3 is 20.5 Å². The Labute approximate surface area is 200 Å². The Kier molecular flexibility index (Phi) is 8.55. The number of anilines is 1. The molecule has 1 aliphatic rings. The van der Waals surface area contributed by atoms with E-state index >= 15 is 0 Å². The molecular formula is C20H25Cl2N5O4S. The number of carbonyl (C=O) groups excluding carboxylic acids is 2. The molecule has 2 heterocycles. The number of amides is 3. The number of nitrogens with two attached hydrogens (primary N) is 1. The van der Waals surface area contributed by atoms with Crippen molar-refractivity contribution in [2.24, 2.45) is 11.7 Å². The summed E-state index contributed by atoms with van der Waals surface area (Å²) in [4.78, 5) is 26.7. The van der Waals surface area contributed by atoms with Gasteiger partial charge in [-0.15, -0.1) is 0 Å². The maximum absolute atomic E-state index is 12.4. The Balaban J connectivity index is 1.60. The molecule has 0 radical (unpaired) electrons. The smallest absolute Gasteiger partial charge is 0.319 e. The molecule has 1 aromatic carbocycles. The van der Waals surface area contributed by atoms with Gasteiger partial charge in [-0.2, -0.15) is 4.37 Å². The van der Waals surface area contributed by atoms with Crippen LogP contribution in [0.1, 0.15) is 22.8 Å². The molecule has 1 aliphatic heterocycles. The summed E-state index contributed by atoms with van der Waals surface area (Å²) in [7, 11) is 0. The van der Waals surface area contributed by atoms with Gasteiger partial charge in [0.15, 0.2) is 0 Å². The first-order valence-electron chi connectivity index (χ1n) is 10.0. The summed E-state index contributed by atoms with van der Waals surface area (Å²) < 4.78 is 13.2. The van der Waals surface area contributed by atoms with Crippen LogP contribution in [0.15, 0.2) is 30.3 Å². The fourth-order valence-electron chi connectivity index (χ4n) is 3.16. The molecule has 1 atom stereocenters. The van der Waals surface area contributed by atoms with Crippen LogP contribution in [0, 0.1) is 5.92 Å². The molecule has 174 valence electrons. The summed E-state index contributed by atoms with van der Waals surface area (Å²) in [5.41, 5.74) is 5.84. The third-order valence-corrected chi connectivity index (χ3v) is 6.09. The minimum Gasteiger partial charge on any atom is -0.435 e. The SMILES string of the molecule is CC(CNC(=O)Nc1snc(OC(Cl)(Cl)c2ccccc2)c1C(N)=O)CN1CCOCC1. The minimum atomic E-state index is -1.80. The molecule has 1 fully saturated rings. The molecule has 1 saturated heterocycles. The van der Waals surface area contributed by atoms with Crippen molar-refractivity contribution in [2.45, 2.75) is 11.4 Å². The second-order valence-electron chi connectivity index (χ2n) is 7.39. The maximum Gasteiger partial charge on any atom is 0.319 e. The van der Waals surface area contributed by atoms with Crippen molar-refractivity contribution >= 4 is 51.7 Å². The van der Waals surface area contributed by atoms with Gasteiger partial charge in [0.05, 0.1) is 13.2 Å². The Morgan fingerprint density at radius 3 is 2.66 bits per heavy atom. The number of nitrogens with zero attached hydrogens (tertiary/aromatic N) is 2. The number of ether oxygens (including phenoxy) is 2. The van der Waals surface area contributed by atoms with E-state index in [-0.39, 0.29) is 22.4 Å². The van der Waals surface area contributed by atoms with E-state index in [2.05, 4.69) is 19.9 Å². The molecule has 0 saturated carbocycles. The van der Waals surface area contributed by atoms with Gasteiger partial charge in [0.25, 0.3) is 10.4 Å². The predicted octanol–water partition coefficient (Wildman–Crippen LogP) is 3.00. The normalized spacial score (nSPS) is 15.7. The van der Waals surface area contributed by atoms with E-state index < -0.39 is 16.5 Å². The van der Waals surface area contributed by atoms with Crippen LogP contribution in [-0.4, -0.2) is 60.6 Å². The number of hydrogen-bond acceptors (Lipinski definition) is 7. The first-order chi connectivity index (χ1) is 15.3. The Bertz CT molecular complexity index is 922. The summed E-state index contributed by atoms with van der Waals surface area (Å²) in [5, 5.41) is 5.54. The van der Waals surface area contributed by atoms with E-state index in [9.17, 15) is 9.59 Å². The quantitative estimate of drug-likeness (QED) is 0.454. The predicted molar refractivity (Wildman–Crippen MR) is 125 cm³/mol. The second-order valence-corrected chi connectivity index (χ2v) is 9.43. The zero-order valence-corrected chi connectivity index (χ0v) is 19.8. The van der Waals surface area contributed by atoms with E-state index in [1.54, 1.807) is 30.3 Å². The molecular weight excluding hydrogens is 477 g/mol. The summed E-state index contributed by atoms with van der Waals surface area (Å²) in [6, 6.07) is 8.13. The maximum atomic E-state index is 12.4. The molecule has 3 rings (SSSR count). The minimum absolute atomic E-state index is 0.104. The number of halogens is 2. The lowest BCUT2D eigenvalue weighted by Gasteiger charge is -2.29. The van der Waals surface area contributed by atoms with Crippen LogP contribution in [0.2, 0.25) is 0 Å². The van der Waals surface area contributed by atoms with Crippen molar-refractivity contribution in [2.75, 3.05) is 44.7 Å². The van der Waals surface area contributed by atoms with E-state index in [4.69, 9.17) is 38.4 Å². The number of benzene rings is 1. The number of alkyl halides is 2. The van der Waals surface area contributed by atoms with E-state index in [0.717, 1.165) is 44.4 Å². The molecule has 12 heteroatoms. The number of hydrogen-bond donors (Lipinski definition) is 3. The fraction of sp³-hybridized carbons (Fsp3) is 0.450. The van der Waals surface area contributed by atoms with Crippen molar-refractivity contribution in [1.29, 1.82) is 0 Å². The third kappa shape index (κ3) is 6.69. The third-order valence-electron chi connectivity index (χ3n) is 4.75. The van der Waals surface area contributed by atoms with Gasteiger partial charge in [-0.25, -0.2) is 4.79 Å². The van der Waals surface area contributed by atoms with Crippen LogP contribution < -0.4 is 21.1 Å². The van der Waals surface area contributed by atoms with Gasteiger partial charge in [0.1, 0.15) is 10.6 Å². The van der Waals surface area contributed by atoms with Crippen molar-refractivity contribution in [3.05, 3.63) is 41.5 Å². The molecule has 32 heavy (non-hydrogen) atoms. The van der Waals surface area contributed by atoms with Gasteiger partial charge in [0.2, 0.25) is 5.88 Å². The highest BCUT2D eigenvalue weighted by atomic mass is 35.5. The van der Waals surface area contributed by atoms with Gasteiger partial charge in [0, 0.05) is 31.7 Å². The molecule has 9 nitrogen and oxygen atoms in total. The number of nitrogens with one attached hydrogen (secondary N) is 2. The average molecular weight is 502 g/mol. The number of primary amides is 1. The van der Waals surface area contributed by atoms with Crippen molar-refractivity contribution in [3.63, 3.8) is 0 Å². The van der Waals surface area contributed by atoms with Crippen LogP contribution in [0.5, 0.6) is 5.88 Å². The Morgan fingerprint density at radius 2 is 2.00 bits per heavy atom. The average Bonchev–Trinajstić information content (AvgIpc) is 3.15. The molecule has 2 aromatic rings. The highest BCUT2D eigenvalue weighted by molar-refractivity contribution is 7.11. The van der Waals surface area contributed by atoms with Crippen LogP contribution in [0.4, 0.5) is 9.80 Å². The molecule has 0 aliphatic carbocycles. The zero-order chi connectivity index (χ0) is 23.1. The number of urea groups is 1. The number of rotatable bonds is 9. The summed E-state index contributed by atoms with van der Waals surface area (Å²) >= 11 is 13.4.